The van der Waals surface area contributed by atoms with Gasteiger partial charge in [-0.15, -0.1) is 11.3 Å². The van der Waals surface area contributed by atoms with Gasteiger partial charge in [-0.1, -0.05) is 6.07 Å². The second-order valence-corrected chi connectivity index (χ2v) is 5.57. The summed E-state index contributed by atoms with van der Waals surface area (Å²) in [6.45, 7) is 1.85. The van der Waals surface area contributed by atoms with Crippen molar-refractivity contribution in [3.63, 3.8) is 0 Å². The number of pyridine rings is 1. The van der Waals surface area contributed by atoms with Gasteiger partial charge in [-0.25, -0.2) is 13.8 Å². The molecule has 0 unspecified atom stereocenters. The summed E-state index contributed by atoms with van der Waals surface area (Å²) in [5.41, 5.74) is 5.17. The third-order valence-corrected chi connectivity index (χ3v) is 3.86. The highest BCUT2D eigenvalue weighted by Gasteiger charge is 2.10. The molecule has 23 heavy (non-hydrogen) atoms. The van der Waals surface area contributed by atoms with Crippen molar-refractivity contribution in [2.45, 2.75) is 6.92 Å². The van der Waals surface area contributed by atoms with E-state index in [4.69, 9.17) is 0 Å². The van der Waals surface area contributed by atoms with Gasteiger partial charge in [-0.05, 0) is 25.1 Å². The van der Waals surface area contributed by atoms with E-state index in [1.54, 1.807) is 17.8 Å². The maximum Gasteiger partial charge on any atom is 0.203 e. The second kappa shape index (κ2) is 6.62. The molecule has 2 aromatic heterocycles. The number of hydrogen-bond acceptors (Lipinski definition) is 5. The van der Waals surface area contributed by atoms with E-state index in [0.29, 0.717) is 10.8 Å². The zero-order valence-electron chi connectivity index (χ0n) is 12.1. The van der Waals surface area contributed by atoms with Crippen molar-refractivity contribution in [3.05, 3.63) is 65.3 Å². The van der Waals surface area contributed by atoms with Crippen LogP contribution in [-0.2, 0) is 0 Å². The van der Waals surface area contributed by atoms with E-state index in [9.17, 15) is 8.78 Å². The predicted molar refractivity (Wildman–Crippen MR) is 87.5 cm³/mol. The Kier molecular flexibility index (Phi) is 4.38. The topological polar surface area (TPSA) is 50.2 Å². The van der Waals surface area contributed by atoms with Crippen LogP contribution in [0.3, 0.4) is 0 Å². The number of nitrogens with zero attached hydrogens (tertiary/aromatic N) is 3. The van der Waals surface area contributed by atoms with Crippen LogP contribution in [0.15, 0.2) is 53.2 Å². The number of hydrazone groups is 1. The maximum absolute atomic E-state index is 13.8. The highest BCUT2D eigenvalue weighted by molar-refractivity contribution is 7.14. The summed E-state index contributed by atoms with van der Waals surface area (Å²) < 4.78 is 26.7. The third kappa shape index (κ3) is 3.57. The first-order valence-corrected chi connectivity index (χ1v) is 7.63. The van der Waals surface area contributed by atoms with Crippen molar-refractivity contribution < 1.29 is 8.78 Å². The summed E-state index contributed by atoms with van der Waals surface area (Å²) in [6, 6.07) is 7.14. The van der Waals surface area contributed by atoms with E-state index in [2.05, 4.69) is 20.5 Å². The number of rotatable bonds is 4. The average Bonchev–Trinajstić information content (AvgIpc) is 3.02. The Balaban J connectivity index is 1.77. The molecule has 0 fully saturated rings. The van der Waals surface area contributed by atoms with Crippen LogP contribution in [0.5, 0.6) is 0 Å². The lowest BCUT2D eigenvalue weighted by molar-refractivity contribution is 0.585. The lowest BCUT2D eigenvalue weighted by atomic mass is 10.1. The number of hydrogen-bond donors (Lipinski definition) is 1. The zero-order valence-corrected chi connectivity index (χ0v) is 12.9. The number of halogens is 2. The number of aromatic nitrogens is 2. The molecule has 0 aliphatic rings. The molecule has 0 saturated carbocycles. The Morgan fingerprint density at radius 3 is 2.87 bits per heavy atom. The normalized spacial score (nSPS) is 11.5. The summed E-state index contributed by atoms with van der Waals surface area (Å²) in [5, 5.41) is 6.44. The van der Waals surface area contributed by atoms with Crippen LogP contribution in [-0.4, -0.2) is 15.7 Å². The quantitative estimate of drug-likeness (QED) is 0.572. The van der Waals surface area contributed by atoms with E-state index < -0.39 is 11.6 Å². The van der Waals surface area contributed by atoms with Crippen molar-refractivity contribution in [2.75, 3.05) is 5.43 Å². The molecule has 3 aromatic rings. The molecule has 3 rings (SSSR count). The first-order chi connectivity index (χ1) is 11.1. The van der Waals surface area contributed by atoms with Gasteiger partial charge in [0, 0.05) is 35.0 Å². The number of benzene rings is 1. The maximum atomic E-state index is 13.8. The van der Waals surface area contributed by atoms with E-state index in [1.807, 2.05) is 19.1 Å². The Labute approximate surface area is 135 Å². The standard InChI is InChI=1S/C16H12F2N4S/c1-10(11-3-2-6-19-8-11)21-22-16-20-15(9-23-16)13-5-4-12(17)7-14(13)18/h2-9H,1H3,(H,20,22)/b21-10+. The van der Waals surface area contributed by atoms with Gasteiger partial charge in [-0.2, -0.15) is 5.10 Å². The minimum Gasteiger partial charge on any atom is -0.264 e. The molecule has 0 aliphatic heterocycles. The number of nitrogens with one attached hydrogen (secondary N) is 1. The van der Waals surface area contributed by atoms with Crippen molar-refractivity contribution in [2.24, 2.45) is 5.10 Å². The fourth-order valence-corrected chi connectivity index (χ4v) is 2.57. The fraction of sp³-hybridized carbons (Fsp3) is 0.0625. The molecule has 116 valence electrons. The molecule has 2 heterocycles. The Morgan fingerprint density at radius 1 is 1.26 bits per heavy atom. The van der Waals surface area contributed by atoms with Crippen LogP contribution in [0.1, 0.15) is 12.5 Å². The predicted octanol–water partition coefficient (Wildman–Crippen LogP) is 4.32. The van der Waals surface area contributed by atoms with Crippen molar-refractivity contribution in [1.29, 1.82) is 0 Å². The van der Waals surface area contributed by atoms with Crippen LogP contribution in [0.25, 0.3) is 11.3 Å². The smallest absolute Gasteiger partial charge is 0.203 e. The van der Waals surface area contributed by atoms with Crippen LogP contribution in [0.4, 0.5) is 13.9 Å². The third-order valence-electron chi connectivity index (χ3n) is 3.11. The van der Waals surface area contributed by atoms with Gasteiger partial charge in [-0.3, -0.25) is 10.4 Å². The minimum atomic E-state index is -0.642. The first-order valence-electron chi connectivity index (χ1n) is 6.75. The van der Waals surface area contributed by atoms with Gasteiger partial charge < -0.3 is 0 Å². The van der Waals surface area contributed by atoms with Gasteiger partial charge in [0.25, 0.3) is 0 Å². The average molecular weight is 330 g/mol. The Morgan fingerprint density at radius 2 is 2.13 bits per heavy atom. The molecule has 0 amide bonds. The summed E-state index contributed by atoms with van der Waals surface area (Å²) in [6.07, 6.45) is 3.40. The van der Waals surface area contributed by atoms with Crippen LogP contribution in [0, 0.1) is 11.6 Å². The Hall–Kier alpha value is -2.67. The van der Waals surface area contributed by atoms with Crippen molar-refractivity contribution >= 4 is 22.2 Å². The molecule has 0 radical (unpaired) electrons. The van der Waals surface area contributed by atoms with Gasteiger partial charge >= 0.3 is 0 Å². The Bertz CT molecular complexity index is 846. The molecule has 0 atom stereocenters. The summed E-state index contributed by atoms with van der Waals surface area (Å²) in [5.74, 6) is -1.26. The van der Waals surface area contributed by atoms with Crippen LogP contribution < -0.4 is 5.43 Å². The van der Waals surface area contributed by atoms with Crippen LogP contribution in [0.2, 0.25) is 0 Å². The molecule has 7 heteroatoms. The molecule has 1 N–H and O–H groups in total. The number of thiazole rings is 1. The molecule has 4 nitrogen and oxygen atoms in total. The van der Waals surface area contributed by atoms with E-state index in [0.717, 1.165) is 17.3 Å². The monoisotopic (exact) mass is 330 g/mol. The van der Waals surface area contributed by atoms with Gasteiger partial charge in [0.2, 0.25) is 5.13 Å². The SMILES string of the molecule is C/C(=N\Nc1nc(-c2ccc(F)cc2F)cs1)c1cccnc1. The minimum absolute atomic E-state index is 0.253. The van der Waals surface area contributed by atoms with E-state index >= 15 is 0 Å². The molecule has 0 spiro atoms. The molecule has 0 aliphatic carbocycles. The largest absolute Gasteiger partial charge is 0.264 e. The van der Waals surface area contributed by atoms with Gasteiger partial charge in [0.05, 0.1) is 11.4 Å². The summed E-state index contributed by atoms with van der Waals surface area (Å²) in [7, 11) is 0. The molecule has 1 aromatic carbocycles. The second-order valence-electron chi connectivity index (χ2n) is 4.71. The van der Waals surface area contributed by atoms with E-state index in [1.165, 1.54) is 23.5 Å². The lowest BCUT2D eigenvalue weighted by Crippen LogP contribution is -1.99. The molecule has 0 saturated heterocycles. The highest BCUT2D eigenvalue weighted by Crippen LogP contribution is 2.27. The van der Waals surface area contributed by atoms with Crippen molar-refractivity contribution in [1.82, 2.24) is 9.97 Å². The first kappa shape index (κ1) is 15.2. The van der Waals surface area contributed by atoms with Crippen LogP contribution >= 0.6 is 11.3 Å². The number of anilines is 1. The molecular weight excluding hydrogens is 318 g/mol. The van der Waals surface area contributed by atoms with E-state index in [-0.39, 0.29) is 5.56 Å². The highest BCUT2D eigenvalue weighted by atomic mass is 32.1. The fourth-order valence-electron chi connectivity index (χ4n) is 1.92. The summed E-state index contributed by atoms with van der Waals surface area (Å²) in [4.78, 5) is 8.29. The molecular formula is C16H12F2N4S. The van der Waals surface area contributed by atoms with Gasteiger partial charge in [0.1, 0.15) is 11.6 Å². The zero-order chi connectivity index (χ0) is 16.2. The van der Waals surface area contributed by atoms with Crippen molar-refractivity contribution in [3.8, 4) is 11.3 Å². The molecule has 0 bridgehead atoms. The van der Waals surface area contributed by atoms with Gasteiger partial charge in [0.15, 0.2) is 0 Å². The lowest BCUT2D eigenvalue weighted by Gasteiger charge is -2.01. The summed E-state index contributed by atoms with van der Waals surface area (Å²) >= 11 is 1.29.